The molecule has 2 nitrogen and oxygen atoms in total. The number of aryl methyl sites for hydroxylation is 2. The maximum absolute atomic E-state index is 3.71. The number of rotatable bonds is 4. The minimum absolute atomic E-state index is 0.439. The smallest absolute Gasteiger partial charge is 0.0292 e. The predicted octanol–water partition coefficient (Wildman–Crippen LogP) is 3.44. The molecule has 1 saturated heterocycles. The average molecular weight is 260 g/mol. The van der Waals surface area contributed by atoms with Gasteiger partial charge in [-0.25, -0.2) is 0 Å². The SMILES string of the molecule is Cc1cc(C)cc(C(C)NCC2CCCCN2C)c1. The summed E-state index contributed by atoms with van der Waals surface area (Å²) >= 11 is 0. The summed E-state index contributed by atoms with van der Waals surface area (Å²) < 4.78 is 0. The quantitative estimate of drug-likeness (QED) is 0.892. The molecule has 106 valence electrons. The van der Waals surface area contributed by atoms with Crippen LogP contribution in [0.25, 0.3) is 0 Å². The first kappa shape index (κ1) is 14.5. The number of hydrogen-bond donors (Lipinski definition) is 1. The lowest BCUT2D eigenvalue weighted by Gasteiger charge is -2.33. The zero-order valence-corrected chi connectivity index (χ0v) is 12.9. The summed E-state index contributed by atoms with van der Waals surface area (Å²) in [6, 6.07) is 7.99. The zero-order chi connectivity index (χ0) is 13.8. The van der Waals surface area contributed by atoms with Gasteiger partial charge in [0.25, 0.3) is 0 Å². The Bertz CT molecular complexity index is 393. The van der Waals surface area contributed by atoms with Gasteiger partial charge in [0.05, 0.1) is 0 Å². The van der Waals surface area contributed by atoms with Crippen LogP contribution in [-0.4, -0.2) is 31.1 Å². The molecule has 0 aliphatic carbocycles. The third-order valence-corrected chi connectivity index (χ3v) is 4.33. The lowest BCUT2D eigenvalue weighted by Crippen LogP contribution is -2.43. The maximum Gasteiger partial charge on any atom is 0.0292 e. The maximum atomic E-state index is 3.71. The summed E-state index contributed by atoms with van der Waals surface area (Å²) in [5.41, 5.74) is 4.13. The van der Waals surface area contributed by atoms with Gasteiger partial charge < -0.3 is 10.2 Å². The minimum atomic E-state index is 0.439. The molecule has 2 heteroatoms. The van der Waals surface area contributed by atoms with Gasteiger partial charge in [-0.05, 0) is 52.8 Å². The van der Waals surface area contributed by atoms with Gasteiger partial charge >= 0.3 is 0 Å². The van der Waals surface area contributed by atoms with Crippen molar-refractivity contribution in [2.45, 2.75) is 52.1 Å². The highest BCUT2D eigenvalue weighted by Gasteiger charge is 2.19. The van der Waals surface area contributed by atoms with Crippen LogP contribution in [0, 0.1) is 13.8 Å². The van der Waals surface area contributed by atoms with Crippen molar-refractivity contribution in [2.75, 3.05) is 20.1 Å². The van der Waals surface area contributed by atoms with Gasteiger partial charge in [-0.3, -0.25) is 0 Å². The van der Waals surface area contributed by atoms with E-state index in [4.69, 9.17) is 0 Å². The van der Waals surface area contributed by atoms with E-state index >= 15 is 0 Å². The molecule has 1 fully saturated rings. The molecule has 2 rings (SSSR count). The molecular formula is C17H28N2. The van der Waals surface area contributed by atoms with Crippen LogP contribution in [0.4, 0.5) is 0 Å². The van der Waals surface area contributed by atoms with Crippen LogP contribution in [0.5, 0.6) is 0 Å². The monoisotopic (exact) mass is 260 g/mol. The molecule has 1 heterocycles. The van der Waals surface area contributed by atoms with Crippen molar-refractivity contribution in [3.05, 3.63) is 34.9 Å². The number of hydrogen-bond acceptors (Lipinski definition) is 2. The third-order valence-electron chi connectivity index (χ3n) is 4.33. The molecule has 2 unspecified atom stereocenters. The fourth-order valence-electron chi connectivity index (χ4n) is 3.09. The number of nitrogens with zero attached hydrogens (tertiary/aromatic N) is 1. The van der Waals surface area contributed by atoms with Crippen LogP contribution in [-0.2, 0) is 0 Å². The Morgan fingerprint density at radius 2 is 1.89 bits per heavy atom. The summed E-state index contributed by atoms with van der Waals surface area (Å²) in [6.07, 6.45) is 4.08. The largest absolute Gasteiger partial charge is 0.309 e. The molecule has 0 saturated carbocycles. The van der Waals surface area contributed by atoms with Crippen molar-refractivity contribution in [3.63, 3.8) is 0 Å². The summed E-state index contributed by atoms with van der Waals surface area (Å²) in [5.74, 6) is 0. The molecule has 2 atom stereocenters. The van der Waals surface area contributed by atoms with E-state index in [9.17, 15) is 0 Å². The molecule has 1 N–H and O–H groups in total. The van der Waals surface area contributed by atoms with E-state index in [2.05, 4.69) is 56.2 Å². The Kier molecular flexibility index (Phi) is 5.00. The number of piperidine rings is 1. The topological polar surface area (TPSA) is 15.3 Å². The number of likely N-dealkylation sites (tertiary alicyclic amines) is 1. The zero-order valence-electron chi connectivity index (χ0n) is 12.9. The normalized spacial score (nSPS) is 22.4. The predicted molar refractivity (Wildman–Crippen MR) is 82.6 cm³/mol. The number of likely N-dealkylation sites (N-methyl/N-ethyl adjacent to an activating group) is 1. The summed E-state index contributed by atoms with van der Waals surface area (Å²) in [5, 5.41) is 3.71. The van der Waals surface area contributed by atoms with Crippen LogP contribution in [0.3, 0.4) is 0 Å². The molecule has 19 heavy (non-hydrogen) atoms. The first-order valence-corrected chi connectivity index (χ1v) is 7.58. The Morgan fingerprint density at radius 1 is 1.21 bits per heavy atom. The van der Waals surface area contributed by atoms with Crippen LogP contribution in [0.1, 0.15) is 48.9 Å². The van der Waals surface area contributed by atoms with Crippen molar-refractivity contribution in [1.29, 1.82) is 0 Å². The minimum Gasteiger partial charge on any atom is -0.309 e. The van der Waals surface area contributed by atoms with E-state index in [-0.39, 0.29) is 0 Å². The van der Waals surface area contributed by atoms with Gasteiger partial charge in [0, 0.05) is 18.6 Å². The Hall–Kier alpha value is -0.860. The summed E-state index contributed by atoms with van der Waals surface area (Å²) in [6.45, 7) is 8.99. The van der Waals surface area contributed by atoms with Crippen LogP contribution < -0.4 is 5.32 Å². The van der Waals surface area contributed by atoms with E-state index in [0.717, 1.165) is 6.54 Å². The van der Waals surface area contributed by atoms with Crippen LogP contribution in [0.2, 0.25) is 0 Å². The number of nitrogens with one attached hydrogen (secondary N) is 1. The van der Waals surface area contributed by atoms with Crippen molar-refractivity contribution in [3.8, 4) is 0 Å². The van der Waals surface area contributed by atoms with E-state index in [0.29, 0.717) is 12.1 Å². The van der Waals surface area contributed by atoms with E-state index in [1.165, 1.54) is 42.5 Å². The van der Waals surface area contributed by atoms with Gasteiger partial charge in [0.2, 0.25) is 0 Å². The summed E-state index contributed by atoms with van der Waals surface area (Å²) in [4.78, 5) is 2.50. The van der Waals surface area contributed by atoms with E-state index in [1.807, 2.05) is 0 Å². The first-order chi connectivity index (χ1) is 9.06. The molecule has 0 amide bonds. The lowest BCUT2D eigenvalue weighted by molar-refractivity contribution is 0.178. The number of benzene rings is 1. The molecule has 1 aromatic carbocycles. The first-order valence-electron chi connectivity index (χ1n) is 7.58. The Labute approximate surface area is 118 Å². The van der Waals surface area contributed by atoms with Crippen molar-refractivity contribution in [2.24, 2.45) is 0 Å². The molecule has 1 aliphatic rings. The second kappa shape index (κ2) is 6.53. The third kappa shape index (κ3) is 4.05. The van der Waals surface area contributed by atoms with Gasteiger partial charge in [0.1, 0.15) is 0 Å². The van der Waals surface area contributed by atoms with Gasteiger partial charge in [0.15, 0.2) is 0 Å². The second-order valence-corrected chi connectivity index (χ2v) is 6.18. The van der Waals surface area contributed by atoms with Crippen LogP contribution in [0.15, 0.2) is 18.2 Å². The Morgan fingerprint density at radius 3 is 2.53 bits per heavy atom. The molecular weight excluding hydrogens is 232 g/mol. The van der Waals surface area contributed by atoms with Gasteiger partial charge in [-0.1, -0.05) is 35.7 Å². The van der Waals surface area contributed by atoms with Crippen LogP contribution >= 0.6 is 0 Å². The Balaban J connectivity index is 1.91. The highest BCUT2D eigenvalue weighted by atomic mass is 15.2. The molecule has 0 aromatic heterocycles. The van der Waals surface area contributed by atoms with Crippen molar-refractivity contribution in [1.82, 2.24) is 10.2 Å². The van der Waals surface area contributed by atoms with Gasteiger partial charge in [-0.15, -0.1) is 0 Å². The van der Waals surface area contributed by atoms with E-state index < -0.39 is 0 Å². The average Bonchev–Trinajstić information content (AvgIpc) is 2.36. The van der Waals surface area contributed by atoms with E-state index in [1.54, 1.807) is 0 Å². The summed E-state index contributed by atoms with van der Waals surface area (Å²) in [7, 11) is 2.26. The molecule has 0 radical (unpaired) electrons. The standard InChI is InChI=1S/C17H28N2/c1-13-9-14(2)11-16(10-13)15(3)18-12-17-7-5-6-8-19(17)4/h9-11,15,17-18H,5-8,12H2,1-4H3. The fraction of sp³-hybridized carbons (Fsp3) is 0.647. The van der Waals surface area contributed by atoms with Crippen molar-refractivity contribution < 1.29 is 0 Å². The molecule has 1 aromatic rings. The molecule has 1 aliphatic heterocycles. The fourth-order valence-corrected chi connectivity index (χ4v) is 3.09. The highest BCUT2D eigenvalue weighted by molar-refractivity contribution is 5.30. The molecule has 0 bridgehead atoms. The second-order valence-electron chi connectivity index (χ2n) is 6.18. The highest BCUT2D eigenvalue weighted by Crippen LogP contribution is 2.18. The lowest BCUT2D eigenvalue weighted by atomic mass is 10.0. The van der Waals surface area contributed by atoms with Gasteiger partial charge in [-0.2, -0.15) is 0 Å². The molecule has 0 spiro atoms. The van der Waals surface area contributed by atoms with Crippen molar-refractivity contribution >= 4 is 0 Å².